The maximum Gasteiger partial charge on any atom is 0.229 e. The summed E-state index contributed by atoms with van der Waals surface area (Å²) in [6.07, 6.45) is 3.63. The monoisotopic (exact) mass is 530 g/mol. The predicted octanol–water partition coefficient (Wildman–Crippen LogP) is 7.04. The van der Waals surface area contributed by atoms with Gasteiger partial charge in [-0.25, -0.2) is 15.0 Å². The Morgan fingerprint density at radius 2 is 1.97 bits per heavy atom. The second kappa shape index (κ2) is 8.89. The van der Waals surface area contributed by atoms with Crippen LogP contribution in [0.4, 0.5) is 5.69 Å². The van der Waals surface area contributed by atoms with E-state index in [2.05, 4.69) is 36.2 Å². The first kappa shape index (κ1) is 22.5. The van der Waals surface area contributed by atoms with Gasteiger partial charge < -0.3 is 5.32 Å². The van der Waals surface area contributed by atoms with Crippen molar-refractivity contribution in [3.05, 3.63) is 38.4 Å². The summed E-state index contributed by atoms with van der Waals surface area (Å²) in [7, 11) is 0. The van der Waals surface area contributed by atoms with E-state index in [0.29, 0.717) is 36.1 Å². The summed E-state index contributed by atoms with van der Waals surface area (Å²) in [6, 6.07) is 5.19. The van der Waals surface area contributed by atoms with Gasteiger partial charge in [0, 0.05) is 22.2 Å². The van der Waals surface area contributed by atoms with Gasteiger partial charge in [-0.05, 0) is 40.4 Å². The van der Waals surface area contributed by atoms with Crippen molar-refractivity contribution >= 4 is 73.8 Å². The summed E-state index contributed by atoms with van der Waals surface area (Å²) in [5, 5.41) is 4.33. The van der Waals surface area contributed by atoms with Crippen molar-refractivity contribution in [2.24, 2.45) is 5.41 Å². The third kappa shape index (κ3) is 5.11. The summed E-state index contributed by atoms with van der Waals surface area (Å²) in [4.78, 5) is 26.7. The molecular weight excluding hydrogens is 515 g/mol. The van der Waals surface area contributed by atoms with Crippen LogP contribution >= 0.6 is 62.2 Å². The summed E-state index contributed by atoms with van der Waals surface area (Å²) >= 11 is 19.4. The van der Waals surface area contributed by atoms with Gasteiger partial charge in [0.25, 0.3) is 0 Å². The van der Waals surface area contributed by atoms with Crippen molar-refractivity contribution in [3.63, 3.8) is 0 Å². The highest BCUT2D eigenvalue weighted by molar-refractivity contribution is 9.11. The first-order chi connectivity index (χ1) is 13.6. The van der Waals surface area contributed by atoms with Crippen LogP contribution in [0.1, 0.15) is 20.8 Å². The van der Waals surface area contributed by atoms with E-state index in [1.807, 2.05) is 33.1 Å². The van der Waals surface area contributed by atoms with Gasteiger partial charge in [0.15, 0.2) is 9.07 Å². The van der Waals surface area contributed by atoms with Crippen LogP contribution in [0, 0.1) is 5.41 Å². The van der Waals surface area contributed by atoms with Gasteiger partial charge in [-0.1, -0.05) is 55.7 Å². The van der Waals surface area contributed by atoms with Crippen molar-refractivity contribution in [1.82, 2.24) is 15.0 Å². The molecule has 0 aliphatic rings. The number of thioether (sulfide) groups is 1. The number of carbonyl (C=O) groups is 1. The van der Waals surface area contributed by atoms with E-state index >= 15 is 0 Å². The molecule has 1 aromatic carbocycles. The minimum absolute atomic E-state index is 0.160. The average molecular weight is 532 g/mol. The lowest BCUT2D eigenvalue weighted by Crippen LogP contribution is -2.27. The average Bonchev–Trinajstić information content (AvgIpc) is 3.05. The highest BCUT2D eigenvalue weighted by Gasteiger charge is 2.25. The number of anilines is 1. The molecule has 0 aliphatic carbocycles. The third-order valence-corrected chi connectivity index (χ3v) is 6.59. The second-order valence-corrected chi connectivity index (χ2v) is 11.0. The number of amides is 1. The van der Waals surface area contributed by atoms with Crippen LogP contribution < -0.4 is 5.32 Å². The Kier molecular flexibility index (Phi) is 6.90. The molecule has 0 aliphatic heterocycles. The smallest absolute Gasteiger partial charge is 0.229 e. The zero-order chi connectivity index (χ0) is 21.3. The molecule has 0 unspecified atom stereocenters. The van der Waals surface area contributed by atoms with Crippen molar-refractivity contribution in [3.8, 4) is 21.8 Å². The number of rotatable bonds is 4. The standard InChI is InChI=1S/C19H17BrCl2N4OS2/c1-19(2,3)16(27)24-12-8-9(21)7-10(13(12)22)14-15(29-17(20)26-14)11-5-6-23-18(25-11)28-4/h5-8H,1-4H3,(H,24,27). The van der Waals surface area contributed by atoms with Crippen LogP contribution in [0.15, 0.2) is 33.5 Å². The number of nitrogens with one attached hydrogen (secondary N) is 1. The maximum atomic E-state index is 12.5. The molecular formula is C19H17BrCl2N4OS2. The number of hydrogen-bond acceptors (Lipinski definition) is 6. The number of aromatic nitrogens is 3. The minimum Gasteiger partial charge on any atom is -0.324 e. The van der Waals surface area contributed by atoms with Gasteiger partial charge in [-0.2, -0.15) is 0 Å². The van der Waals surface area contributed by atoms with E-state index < -0.39 is 5.41 Å². The molecule has 0 saturated heterocycles. The van der Waals surface area contributed by atoms with Gasteiger partial charge in [-0.3, -0.25) is 4.79 Å². The van der Waals surface area contributed by atoms with E-state index in [4.69, 9.17) is 23.2 Å². The lowest BCUT2D eigenvalue weighted by atomic mass is 9.95. The molecule has 1 N–H and O–H groups in total. The zero-order valence-corrected chi connectivity index (χ0v) is 20.7. The molecule has 29 heavy (non-hydrogen) atoms. The van der Waals surface area contributed by atoms with Crippen molar-refractivity contribution in [2.45, 2.75) is 25.9 Å². The Labute approximate surface area is 195 Å². The van der Waals surface area contributed by atoms with Crippen LogP contribution in [0.3, 0.4) is 0 Å². The molecule has 0 radical (unpaired) electrons. The van der Waals surface area contributed by atoms with Crippen LogP contribution in [0.25, 0.3) is 21.8 Å². The van der Waals surface area contributed by atoms with Crippen molar-refractivity contribution < 1.29 is 4.79 Å². The largest absolute Gasteiger partial charge is 0.324 e. The highest BCUT2D eigenvalue weighted by atomic mass is 79.9. The Bertz CT molecular complexity index is 1080. The lowest BCUT2D eigenvalue weighted by Gasteiger charge is -2.19. The van der Waals surface area contributed by atoms with Crippen LogP contribution in [-0.4, -0.2) is 27.1 Å². The summed E-state index contributed by atoms with van der Waals surface area (Å²) in [5.41, 5.74) is 1.85. The lowest BCUT2D eigenvalue weighted by molar-refractivity contribution is -0.123. The van der Waals surface area contributed by atoms with Gasteiger partial charge in [0.1, 0.15) is 0 Å². The Balaban J connectivity index is 2.14. The molecule has 0 saturated carbocycles. The van der Waals surface area contributed by atoms with E-state index in [-0.39, 0.29) is 5.91 Å². The molecule has 1 amide bonds. The van der Waals surface area contributed by atoms with Gasteiger partial charge >= 0.3 is 0 Å². The molecule has 2 aromatic heterocycles. The zero-order valence-electron chi connectivity index (χ0n) is 16.0. The third-order valence-electron chi connectivity index (χ3n) is 3.87. The van der Waals surface area contributed by atoms with Gasteiger partial charge in [-0.15, -0.1) is 11.3 Å². The topological polar surface area (TPSA) is 67.8 Å². The molecule has 0 atom stereocenters. The number of halogens is 3. The van der Waals surface area contributed by atoms with E-state index in [9.17, 15) is 4.79 Å². The first-order valence-corrected chi connectivity index (χ1v) is 12.0. The first-order valence-electron chi connectivity index (χ1n) is 8.44. The van der Waals surface area contributed by atoms with E-state index in [0.717, 1.165) is 10.6 Å². The number of carbonyl (C=O) groups excluding carboxylic acids is 1. The fourth-order valence-corrected chi connectivity index (χ4v) is 4.64. The fraction of sp³-hybridized carbons (Fsp3) is 0.263. The molecule has 0 fully saturated rings. The van der Waals surface area contributed by atoms with Gasteiger partial charge in [0.2, 0.25) is 5.91 Å². The number of benzene rings is 1. The van der Waals surface area contributed by atoms with Crippen molar-refractivity contribution in [1.29, 1.82) is 0 Å². The molecule has 3 aromatic rings. The molecule has 2 heterocycles. The van der Waals surface area contributed by atoms with Crippen LogP contribution in [-0.2, 0) is 4.79 Å². The highest BCUT2D eigenvalue weighted by Crippen LogP contribution is 2.44. The number of nitrogens with zero attached hydrogens (tertiary/aromatic N) is 3. The summed E-state index contributed by atoms with van der Waals surface area (Å²) in [6.45, 7) is 5.49. The molecule has 0 spiro atoms. The maximum absolute atomic E-state index is 12.5. The number of thiazole rings is 1. The quantitative estimate of drug-likeness (QED) is 0.288. The molecule has 0 bridgehead atoms. The van der Waals surface area contributed by atoms with Crippen molar-refractivity contribution in [2.75, 3.05) is 11.6 Å². The SMILES string of the molecule is CSc1nccc(-c2sc(Br)nc2-c2cc(Cl)cc(NC(=O)C(C)(C)C)c2Cl)n1. The second-order valence-electron chi connectivity index (χ2n) is 7.09. The van der Waals surface area contributed by atoms with E-state index in [1.54, 1.807) is 18.3 Å². The van der Waals surface area contributed by atoms with Crippen LogP contribution in [0.2, 0.25) is 10.0 Å². The number of hydrogen-bond donors (Lipinski definition) is 1. The fourth-order valence-electron chi connectivity index (χ4n) is 2.38. The molecule has 10 heteroatoms. The summed E-state index contributed by atoms with van der Waals surface area (Å²) < 4.78 is 0.683. The van der Waals surface area contributed by atoms with Crippen LogP contribution in [0.5, 0.6) is 0 Å². The van der Waals surface area contributed by atoms with E-state index in [1.165, 1.54) is 23.1 Å². The molecule has 152 valence electrons. The van der Waals surface area contributed by atoms with Gasteiger partial charge in [0.05, 0.1) is 27.0 Å². The molecule has 5 nitrogen and oxygen atoms in total. The normalized spacial score (nSPS) is 11.6. The Morgan fingerprint density at radius 3 is 2.62 bits per heavy atom. The minimum atomic E-state index is -0.574. The molecule has 3 rings (SSSR count). The summed E-state index contributed by atoms with van der Waals surface area (Å²) in [5.74, 6) is -0.160. The Morgan fingerprint density at radius 1 is 1.24 bits per heavy atom. The Hall–Kier alpha value is -1.19. The predicted molar refractivity (Wildman–Crippen MR) is 126 cm³/mol.